The summed E-state index contributed by atoms with van der Waals surface area (Å²) in [6.07, 6.45) is 1.12. The van der Waals surface area contributed by atoms with E-state index in [0.717, 1.165) is 23.1 Å². The molecule has 6 heteroatoms. The number of benzene rings is 2. The second kappa shape index (κ2) is 8.09. The fraction of sp³-hybridized carbons (Fsp3) is 0.304. The molecule has 1 atom stereocenters. The Hall–Kier alpha value is -3.12. The van der Waals surface area contributed by atoms with E-state index in [0.29, 0.717) is 29.9 Å². The van der Waals surface area contributed by atoms with E-state index in [1.54, 1.807) is 18.1 Å². The van der Waals surface area contributed by atoms with Gasteiger partial charge in [0.15, 0.2) is 0 Å². The highest BCUT2D eigenvalue weighted by Gasteiger charge is 2.29. The number of aromatic nitrogens is 1. The lowest BCUT2D eigenvalue weighted by Crippen LogP contribution is -2.39. The van der Waals surface area contributed by atoms with E-state index in [1.165, 1.54) is 0 Å². The zero-order valence-corrected chi connectivity index (χ0v) is 16.6. The fourth-order valence-electron chi connectivity index (χ4n) is 3.61. The molecule has 1 aliphatic rings. The molecule has 1 saturated heterocycles. The van der Waals surface area contributed by atoms with E-state index in [4.69, 9.17) is 9.47 Å². The van der Waals surface area contributed by atoms with Crippen molar-refractivity contribution in [2.24, 2.45) is 0 Å². The van der Waals surface area contributed by atoms with Gasteiger partial charge in [0, 0.05) is 23.9 Å². The second-order valence-corrected chi connectivity index (χ2v) is 7.34. The molecule has 1 aromatic heterocycles. The fourth-order valence-corrected chi connectivity index (χ4v) is 3.61. The lowest BCUT2D eigenvalue weighted by molar-refractivity contribution is -0.127. The molecule has 0 radical (unpaired) electrons. The number of nitrogens with zero attached hydrogens (tertiary/aromatic N) is 1. The molecular formula is C23H24N2O4. The minimum absolute atomic E-state index is 0.111. The van der Waals surface area contributed by atoms with Crippen molar-refractivity contribution in [1.29, 1.82) is 0 Å². The highest BCUT2D eigenvalue weighted by atomic mass is 16.5. The highest BCUT2D eigenvalue weighted by Crippen LogP contribution is 2.24. The van der Waals surface area contributed by atoms with Crippen molar-refractivity contribution < 1.29 is 14.3 Å². The third-order valence-electron chi connectivity index (χ3n) is 5.28. The summed E-state index contributed by atoms with van der Waals surface area (Å²) >= 11 is 0. The first-order valence-electron chi connectivity index (χ1n) is 9.75. The van der Waals surface area contributed by atoms with E-state index in [-0.39, 0.29) is 18.0 Å². The van der Waals surface area contributed by atoms with Crippen molar-refractivity contribution >= 4 is 22.5 Å². The SMILES string of the molecule is COc1ccc2cc(CN(C(=O)[C@@H]3CCCO3)c3ccc(C)cc3)c(=O)[nH]c2c1. The molecule has 0 bridgehead atoms. The zero-order chi connectivity index (χ0) is 20.4. The predicted molar refractivity (Wildman–Crippen MR) is 112 cm³/mol. The summed E-state index contributed by atoms with van der Waals surface area (Å²) in [6.45, 7) is 2.77. The van der Waals surface area contributed by atoms with E-state index >= 15 is 0 Å². The number of methoxy groups -OCH3 is 1. The molecule has 3 aromatic rings. The summed E-state index contributed by atoms with van der Waals surface area (Å²) in [6, 6.07) is 15.1. The van der Waals surface area contributed by atoms with Gasteiger partial charge in [-0.05, 0) is 55.5 Å². The Labute approximate surface area is 169 Å². The smallest absolute Gasteiger partial charge is 0.256 e. The quantitative estimate of drug-likeness (QED) is 0.721. The Balaban J connectivity index is 1.71. The van der Waals surface area contributed by atoms with Crippen LogP contribution in [-0.2, 0) is 16.1 Å². The van der Waals surface area contributed by atoms with Crippen LogP contribution in [0.2, 0.25) is 0 Å². The lowest BCUT2D eigenvalue weighted by Gasteiger charge is -2.25. The molecule has 2 aromatic carbocycles. The van der Waals surface area contributed by atoms with Gasteiger partial charge in [0.1, 0.15) is 11.9 Å². The van der Waals surface area contributed by atoms with E-state index in [1.807, 2.05) is 49.4 Å². The first kappa shape index (κ1) is 19.2. The number of H-pyrrole nitrogens is 1. The standard InChI is InChI=1S/C23H24N2O4/c1-15-5-8-18(9-6-15)25(23(27)21-4-3-11-29-21)14-17-12-16-7-10-19(28-2)13-20(16)24-22(17)26/h5-10,12-13,21H,3-4,11,14H2,1-2H3,(H,24,26)/t21-/m0/s1. The maximum absolute atomic E-state index is 13.2. The average molecular weight is 392 g/mol. The number of carbonyl (C=O) groups is 1. The van der Waals surface area contributed by atoms with Gasteiger partial charge in [-0.3, -0.25) is 9.59 Å². The topological polar surface area (TPSA) is 71.6 Å². The molecule has 6 nitrogen and oxygen atoms in total. The van der Waals surface area contributed by atoms with Crippen LogP contribution in [0.15, 0.2) is 53.3 Å². The van der Waals surface area contributed by atoms with Gasteiger partial charge in [0.2, 0.25) is 0 Å². The first-order chi connectivity index (χ1) is 14.0. The molecular weight excluding hydrogens is 368 g/mol. The summed E-state index contributed by atoms with van der Waals surface area (Å²) < 4.78 is 10.8. The number of hydrogen-bond acceptors (Lipinski definition) is 4. The average Bonchev–Trinajstić information content (AvgIpc) is 3.27. The normalized spacial score (nSPS) is 16.1. The number of aromatic amines is 1. The summed E-state index contributed by atoms with van der Waals surface area (Å²) in [7, 11) is 1.59. The molecule has 0 saturated carbocycles. The number of amides is 1. The summed E-state index contributed by atoms with van der Waals surface area (Å²) in [5.41, 5.74) is 2.86. The molecule has 1 fully saturated rings. The van der Waals surface area contributed by atoms with E-state index in [2.05, 4.69) is 4.98 Å². The van der Waals surface area contributed by atoms with Gasteiger partial charge in [0.05, 0.1) is 19.2 Å². The monoisotopic (exact) mass is 392 g/mol. The number of ether oxygens (including phenoxy) is 2. The van der Waals surface area contributed by atoms with Crippen LogP contribution in [0.4, 0.5) is 5.69 Å². The Morgan fingerprint density at radius 3 is 2.69 bits per heavy atom. The number of carbonyl (C=O) groups excluding carboxylic acids is 1. The van der Waals surface area contributed by atoms with Gasteiger partial charge in [0.25, 0.3) is 11.5 Å². The molecule has 1 N–H and O–H groups in total. The van der Waals surface area contributed by atoms with Gasteiger partial charge >= 0.3 is 0 Å². The Morgan fingerprint density at radius 1 is 1.21 bits per heavy atom. The Kier molecular flexibility index (Phi) is 5.36. The third-order valence-corrected chi connectivity index (χ3v) is 5.28. The van der Waals surface area contributed by atoms with Crippen molar-refractivity contribution in [3.8, 4) is 5.75 Å². The number of aryl methyl sites for hydroxylation is 1. The van der Waals surface area contributed by atoms with Gasteiger partial charge < -0.3 is 19.4 Å². The minimum Gasteiger partial charge on any atom is -0.497 e. The molecule has 0 aliphatic carbocycles. The number of rotatable bonds is 5. The van der Waals surface area contributed by atoms with E-state index < -0.39 is 6.10 Å². The van der Waals surface area contributed by atoms with Crippen molar-refractivity contribution in [2.75, 3.05) is 18.6 Å². The van der Waals surface area contributed by atoms with Crippen LogP contribution in [0.1, 0.15) is 24.0 Å². The number of pyridine rings is 1. The van der Waals surface area contributed by atoms with Crippen molar-refractivity contribution in [3.63, 3.8) is 0 Å². The lowest BCUT2D eigenvalue weighted by atomic mass is 10.1. The minimum atomic E-state index is -0.458. The van der Waals surface area contributed by atoms with Crippen molar-refractivity contribution in [3.05, 3.63) is 70.0 Å². The number of fused-ring (bicyclic) bond motifs is 1. The number of anilines is 1. The second-order valence-electron chi connectivity index (χ2n) is 7.34. The van der Waals surface area contributed by atoms with Crippen LogP contribution in [0, 0.1) is 6.92 Å². The van der Waals surface area contributed by atoms with Crippen LogP contribution < -0.4 is 15.2 Å². The van der Waals surface area contributed by atoms with Gasteiger partial charge in [-0.1, -0.05) is 17.7 Å². The van der Waals surface area contributed by atoms with E-state index in [9.17, 15) is 9.59 Å². The van der Waals surface area contributed by atoms with Crippen LogP contribution in [0.5, 0.6) is 5.75 Å². The Bertz CT molecular complexity index is 1080. The summed E-state index contributed by atoms with van der Waals surface area (Å²) in [5, 5.41) is 0.883. The summed E-state index contributed by atoms with van der Waals surface area (Å²) in [5.74, 6) is 0.566. The third kappa shape index (κ3) is 4.03. The van der Waals surface area contributed by atoms with Crippen LogP contribution >= 0.6 is 0 Å². The van der Waals surface area contributed by atoms with Crippen molar-refractivity contribution in [1.82, 2.24) is 4.98 Å². The van der Waals surface area contributed by atoms with Crippen LogP contribution in [0.3, 0.4) is 0 Å². The number of nitrogens with one attached hydrogen (secondary N) is 1. The largest absolute Gasteiger partial charge is 0.497 e. The molecule has 0 spiro atoms. The maximum Gasteiger partial charge on any atom is 0.256 e. The molecule has 1 amide bonds. The molecule has 4 rings (SSSR count). The maximum atomic E-state index is 13.2. The van der Waals surface area contributed by atoms with Gasteiger partial charge in [-0.15, -0.1) is 0 Å². The molecule has 29 heavy (non-hydrogen) atoms. The molecule has 1 aliphatic heterocycles. The number of hydrogen-bond donors (Lipinski definition) is 1. The summed E-state index contributed by atoms with van der Waals surface area (Å²) in [4.78, 5) is 30.4. The van der Waals surface area contributed by atoms with Crippen LogP contribution in [-0.4, -0.2) is 30.7 Å². The van der Waals surface area contributed by atoms with Crippen molar-refractivity contribution in [2.45, 2.75) is 32.4 Å². The predicted octanol–water partition coefficient (Wildman–Crippen LogP) is 3.56. The van der Waals surface area contributed by atoms with Gasteiger partial charge in [-0.25, -0.2) is 0 Å². The molecule has 0 unspecified atom stereocenters. The van der Waals surface area contributed by atoms with Gasteiger partial charge in [-0.2, -0.15) is 0 Å². The molecule has 2 heterocycles. The molecule has 150 valence electrons. The van der Waals surface area contributed by atoms with Crippen LogP contribution in [0.25, 0.3) is 10.9 Å². The highest BCUT2D eigenvalue weighted by molar-refractivity contribution is 5.96. The first-order valence-corrected chi connectivity index (χ1v) is 9.75. The zero-order valence-electron chi connectivity index (χ0n) is 16.6. The Morgan fingerprint density at radius 2 is 2.00 bits per heavy atom.